The minimum Gasteiger partial charge on any atom is -0.282 e. The maximum absolute atomic E-state index is 11.3. The maximum atomic E-state index is 11.3. The predicted octanol–water partition coefficient (Wildman–Crippen LogP) is 0.951. The molecule has 0 aliphatic carbocycles. The number of carbonyl (C=O) groups excluding carboxylic acids is 2. The number of nitrogens with zero attached hydrogens (tertiary/aromatic N) is 1. The second kappa shape index (κ2) is 4.15. The van der Waals surface area contributed by atoms with Crippen molar-refractivity contribution in [2.75, 3.05) is 14.2 Å². The molecule has 0 fully saturated rings. The topological polar surface area (TPSA) is 46.6 Å². The Balaban J connectivity index is 2.75. The molecule has 4 nitrogen and oxygen atoms in total. The molecule has 70 valence electrons. The number of hydrogen-bond acceptors (Lipinski definition) is 4. The van der Waals surface area contributed by atoms with Crippen LogP contribution in [0.15, 0.2) is 17.5 Å². The molecule has 5 heteroatoms. The van der Waals surface area contributed by atoms with Crippen LogP contribution in [0.2, 0.25) is 0 Å². The molecule has 0 N–H and O–H groups in total. The highest BCUT2D eigenvalue weighted by Gasteiger charge is 2.20. The van der Waals surface area contributed by atoms with E-state index >= 15 is 0 Å². The van der Waals surface area contributed by atoms with E-state index in [1.54, 1.807) is 17.5 Å². The van der Waals surface area contributed by atoms with Crippen LogP contribution in [0.1, 0.15) is 9.67 Å². The van der Waals surface area contributed by atoms with E-state index < -0.39 is 11.7 Å². The predicted molar refractivity (Wildman–Crippen MR) is 48.4 cm³/mol. The normalized spacial score (nSPS) is 9.69. The van der Waals surface area contributed by atoms with Gasteiger partial charge in [-0.1, -0.05) is 6.07 Å². The summed E-state index contributed by atoms with van der Waals surface area (Å²) in [5.41, 5.74) is 0. The van der Waals surface area contributed by atoms with Gasteiger partial charge in [-0.3, -0.25) is 14.4 Å². The quantitative estimate of drug-likeness (QED) is 0.413. The number of likely N-dealkylation sites (N-methyl/N-ethyl adjacent to an activating group) is 1. The number of Topliss-reactive ketones (excluding diaryl/α,β-unsaturated/α-hetero) is 1. The number of thiophene rings is 1. The van der Waals surface area contributed by atoms with Crippen molar-refractivity contribution in [3.63, 3.8) is 0 Å². The van der Waals surface area contributed by atoms with Gasteiger partial charge < -0.3 is 0 Å². The van der Waals surface area contributed by atoms with Gasteiger partial charge in [-0.25, -0.2) is 5.06 Å². The Morgan fingerprint density at radius 2 is 2.23 bits per heavy atom. The Labute approximate surface area is 79.7 Å². The van der Waals surface area contributed by atoms with E-state index in [2.05, 4.69) is 4.84 Å². The standard InChI is InChI=1S/C8H9NO3S/c1-9(12-2)8(11)7(10)6-4-3-5-13-6/h3-5H,1-2H3. The van der Waals surface area contributed by atoms with E-state index in [0.717, 1.165) is 5.06 Å². The first-order valence-corrected chi connectivity index (χ1v) is 4.44. The molecule has 1 aromatic heterocycles. The Bertz CT molecular complexity index is 307. The SMILES string of the molecule is CON(C)C(=O)C(=O)c1cccs1. The van der Waals surface area contributed by atoms with Gasteiger partial charge in [0.15, 0.2) is 0 Å². The lowest BCUT2D eigenvalue weighted by molar-refractivity contribution is -0.162. The average molecular weight is 199 g/mol. The second-order valence-corrected chi connectivity index (χ2v) is 3.24. The van der Waals surface area contributed by atoms with Crippen molar-refractivity contribution < 1.29 is 14.4 Å². The Kier molecular flexibility index (Phi) is 3.16. The van der Waals surface area contributed by atoms with Crippen LogP contribution in [0.5, 0.6) is 0 Å². The van der Waals surface area contributed by atoms with E-state index in [9.17, 15) is 9.59 Å². The molecule has 0 aliphatic rings. The average Bonchev–Trinajstić information content (AvgIpc) is 2.67. The molecule has 0 saturated carbocycles. The number of amides is 1. The van der Waals surface area contributed by atoms with E-state index in [1.807, 2.05) is 0 Å². The van der Waals surface area contributed by atoms with Gasteiger partial charge in [0.1, 0.15) is 0 Å². The van der Waals surface area contributed by atoms with Gasteiger partial charge in [0.2, 0.25) is 0 Å². The van der Waals surface area contributed by atoms with E-state index in [0.29, 0.717) is 4.88 Å². The first kappa shape index (κ1) is 9.88. The number of rotatable bonds is 3. The van der Waals surface area contributed by atoms with E-state index in [1.165, 1.54) is 25.5 Å². The summed E-state index contributed by atoms with van der Waals surface area (Å²) in [6.45, 7) is 0. The summed E-state index contributed by atoms with van der Waals surface area (Å²) in [4.78, 5) is 27.6. The highest BCUT2D eigenvalue weighted by molar-refractivity contribution is 7.12. The highest BCUT2D eigenvalue weighted by atomic mass is 32.1. The number of ketones is 1. The molecule has 13 heavy (non-hydrogen) atoms. The molecule has 0 radical (unpaired) electrons. The third-order valence-electron chi connectivity index (χ3n) is 1.50. The van der Waals surface area contributed by atoms with Gasteiger partial charge in [0, 0.05) is 7.05 Å². The fourth-order valence-corrected chi connectivity index (χ4v) is 1.39. The van der Waals surface area contributed by atoms with E-state index in [-0.39, 0.29) is 0 Å². The molecule has 1 amide bonds. The lowest BCUT2D eigenvalue weighted by Gasteiger charge is -2.11. The van der Waals surface area contributed by atoms with Crippen LogP contribution in [-0.2, 0) is 9.63 Å². The minimum atomic E-state index is -0.662. The van der Waals surface area contributed by atoms with Crippen LogP contribution in [0.3, 0.4) is 0 Å². The fraction of sp³-hybridized carbons (Fsp3) is 0.250. The summed E-state index contributed by atoms with van der Waals surface area (Å²) in [5.74, 6) is -1.20. The van der Waals surface area contributed by atoms with Crippen LogP contribution in [0.25, 0.3) is 0 Å². The zero-order chi connectivity index (χ0) is 9.84. The molecule has 0 aromatic carbocycles. The van der Waals surface area contributed by atoms with Gasteiger partial charge in [-0.15, -0.1) is 11.3 Å². The lowest BCUT2D eigenvalue weighted by Crippen LogP contribution is -2.31. The van der Waals surface area contributed by atoms with Crippen LogP contribution in [0.4, 0.5) is 0 Å². The Morgan fingerprint density at radius 1 is 1.54 bits per heavy atom. The zero-order valence-electron chi connectivity index (χ0n) is 7.31. The molecule has 1 aromatic rings. The molecule has 0 unspecified atom stereocenters. The molecule has 0 atom stereocenters. The van der Waals surface area contributed by atoms with Crippen molar-refractivity contribution in [2.45, 2.75) is 0 Å². The molecule has 0 saturated heterocycles. The number of carbonyl (C=O) groups is 2. The summed E-state index contributed by atoms with van der Waals surface area (Å²) in [6, 6.07) is 3.33. The van der Waals surface area contributed by atoms with Crippen molar-refractivity contribution in [3.8, 4) is 0 Å². The Hall–Kier alpha value is -1.20. The summed E-state index contributed by atoms with van der Waals surface area (Å²) in [5, 5.41) is 2.65. The monoisotopic (exact) mass is 199 g/mol. The van der Waals surface area contributed by atoms with Crippen molar-refractivity contribution in [2.24, 2.45) is 0 Å². The molecule has 1 heterocycles. The summed E-state index contributed by atoms with van der Waals surface area (Å²) in [6.07, 6.45) is 0. The molecular weight excluding hydrogens is 190 g/mol. The van der Waals surface area contributed by atoms with Crippen molar-refractivity contribution in [1.82, 2.24) is 5.06 Å². The lowest BCUT2D eigenvalue weighted by atomic mass is 10.3. The van der Waals surface area contributed by atoms with Crippen molar-refractivity contribution in [1.29, 1.82) is 0 Å². The summed E-state index contributed by atoms with van der Waals surface area (Å²) < 4.78 is 0. The van der Waals surface area contributed by atoms with E-state index in [4.69, 9.17) is 0 Å². The van der Waals surface area contributed by atoms with Gasteiger partial charge in [0.25, 0.3) is 5.78 Å². The third-order valence-corrected chi connectivity index (χ3v) is 2.37. The molecule has 0 aliphatic heterocycles. The molecule has 1 rings (SSSR count). The van der Waals surface area contributed by atoms with Crippen molar-refractivity contribution >= 4 is 23.0 Å². The number of hydroxylamine groups is 2. The second-order valence-electron chi connectivity index (χ2n) is 2.29. The van der Waals surface area contributed by atoms with Gasteiger partial charge in [-0.2, -0.15) is 0 Å². The Morgan fingerprint density at radius 3 is 2.69 bits per heavy atom. The highest BCUT2D eigenvalue weighted by Crippen LogP contribution is 2.10. The number of hydrogen-bond donors (Lipinski definition) is 0. The van der Waals surface area contributed by atoms with Crippen LogP contribution >= 0.6 is 11.3 Å². The van der Waals surface area contributed by atoms with Gasteiger partial charge in [-0.05, 0) is 11.4 Å². The first-order valence-electron chi connectivity index (χ1n) is 3.57. The van der Waals surface area contributed by atoms with Crippen LogP contribution < -0.4 is 0 Å². The smallest absolute Gasteiger partial charge is 0.282 e. The zero-order valence-corrected chi connectivity index (χ0v) is 8.13. The van der Waals surface area contributed by atoms with Crippen LogP contribution in [-0.4, -0.2) is 30.9 Å². The van der Waals surface area contributed by atoms with Gasteiger partial charge in [0.05, 0.1) is 12.0 Å². The minimum absolute atomic E-state index is 0.425. The first-order chi connectivity index (χ1) is 6.16. The fourth-order valence-electron chi connectivity index (χ4n) is 0.739. The summed E-state index contributed by atoms with van der Waals surface area (Å²) >= 11 is 1.23. The third kappa shape index (κ3) is 2.13. The summed E-state index contributed by atoms with van der Waals surface area (Å²) in [7, 11) is 2.73. The van der Waals surface area contributed by atoms with Gasteiger partial charge >= 0.3 is 5.91 Å². The maximum Gasteiger partial charge on any atom is 0.319 e. The molecule has 0 spiro atoms. The molecule has 0 bridgehead atoms. The largest absolute Gasteiger partial charge is 0.319 e. The van der Waals surface area contributed by atoms with Crippen LogP contribution in [0, 0.1) is 0 Å². The molecular formula is C8H9NO3S. The van der Waals surface area contributed by atoms with Crippen molar-refractivity contribution in [3.05, 3.63) is 22.4 Å².